The first kappa shape index (κ1) is 72.1. The summed E-state index contributed by atoms with van der Waals surface area (Å²) in [6.07, 6.45) is 80.6. The van der Waals surface area contributed by atoms with Crippen molar-refractivity contribution in [3.8, 4) is 0 Å². The van der Waals surface area contributed by atoms with Gasteiger partial charge in [0.05, 0.1) is 25.4 Å². The number of unbranched alkanes of at least 4 members (excludes halogenated alkanes) is 47. The second-order valence-electron chi connectivity index (χ2n) is 22.8. The summed E-state index contributed by atoms with van der Waals surface area (Å²) < 4.78 is 5.50. The first-order valence-corrected chi connectivity index (χ1v) is 33.3. The third kappa shape index (κ3) is 59.3. The SMILES string of the molecule is CCCCC/C=C\C/C=C\CCCCCCCCCC(=O)OCCCCCCCCCCCCCCCCCCCCCCCCCCCC(=O)NC(CO)C(O)/C=C/CCCCCCCCCCCCCCC. The van der Waals surface area contributed by atoms with Crippen LogP contribution >= 0.6 is 0 Å². The zero-order chi connectivity index (χ0) is 53.6. The lowest BCUT2D eigenvalue weighted by Crippen LogP contribution is -2.45. The van der Waals surface area contributed by atoms with Gasteiger partial charge in [0, 0.05) is 12.8 Å². The van der Waals surface area contributed by atoms with Crippen molar-refractivity contribution in [2.45, 2.75) is 373 Å². The number of esters is 1. The Morgan fingerprint density at radius 2 is 0.676 bits per heavy atom. The number of carbonyl (C=O) groups excluding carboxylic acids is 2. The molecule has 0 spiro atoms. The van der Waals surface area contributed by atoms with E-state index in [1.807, 2.05) is 6.08 Å². The molecule has 0 rings (SSSR count). The molecule has 0 saturated heterocycles. The molecule has 0 aromatic carbocycles. The Morgan fingerprint density at radius 3 is 1.05 bits per heavy atom. The Labute approximate surface area is 462 Å². The van der Waals surface area contributed by atoms with Gasteiger partial charge in [-0.1, -0.05) is 320 Å². The van der Waals surface area contributed by atoms with Crippen LogP contribution in [-0.4, -0.2) is 47.4 Å². The number of amides is 1. The Bertz CT molecular complexity index is 1200. The molecule has 6 nitrogen and oxygen atoms in total. The highest BCUT2D eigenvalue weighted by Crippen LogP contribution is 2.18. The van der Waals surface area contributed by atoms with E-state index in [0.717, 1.165) is 51.4 Å². The summed E-state index contributed by atoms with van der Waals surface area (Å²) in [7, 11) is 0. The van der Waals surface area contributed by atoms with Crippen molar-refractivity contribution >= 4 is 11.9 Å². The summed E-state index contributed by atoms with van der Waals surface area (Å²) in [5.74, 6) is -0.0562. The van der Waals surface area contributed by atoms with Crippen LogP contribution in [0.15, 0.2) is 36.5 Å². The Hall–Kier alpha value is -1.92. The highest BCUT2D eigenvalue weighted by Gasteiger charge is 2.18. The Kier molecular flexibility index (Phi) is 62.0. The van der Waals surface area contributed by atoms with Gasteiger partial charge < -0.3 is 20.3 Å². The van der Waals surface area contributed by atoms with Crippen molar-refractivity contribution in [1.29, 1.82) is 0 Å². The molecule has 0 radical (unpaired) electrons. The van der Waals surface area contributed by atoms with Gasteiger partial charge in [0.1, 0.15) is 0 Å². The van der Waals surface area contributed by atoms with E-state index in [-0.39, 0.29) is 18.5 Å². The summed E-state index contributed by atoms with van der Waals surface area (Å²) in [5.41, 5.74) is 0. The van der Waals surface area contributed by atoms with Crippen LogP contribution in [0.25, 0.3) is 0 Å². The van der Waals surface area contributed by atoms with E-state index in [9.17, 15) is 19.8 Å². The van der Waals surface area contributed by atoms with Gasteiger partial charge in [-0.2, -0.15) is 0 Å². The first-order chi connectivity index (χ1) is 36.5. The largest absolute Gasteiger partial charge is 0.466 e. The smallest absolute Gasteiger partial charge is 0.305 e. The molecule has 0 bridgehead atoms. The molecule has 436 valence electrons. The maximum Gasteiger partial charge on any atom is 0.305 e. The molecule has 6 heteroatoms. The summed E-state index contributed by atoms with van der Waals surface area (Å²) in [4.78, 5) is 24.6. The number of rotatable bonds is 62. The molecule has 0 saturated carbocycles. The molecule has 0 aliphatic rings. The average Bonchev–Trinajstić information content (AvgIpc) is 3.40. The highest BCUT2D eigenvalue weighted by atomic mass is 16.5. The third-order valence-corrected chi connectivity index (χ3v) is 15.4. The molecule has 0 aliphatic carbocycles. The fourth-order valence-corrected chi connectivity index (χ4v) is 10.3. The number of carbonyl (C=O) groups is 2. The van der Waals surface area contributed by atoms with Gasteiger partial charge in [-0.25, -0.2) is 0 Å². The van der Waals surface area contributed by atoms with Crippen LogP contribution in [0.5, 0.6) is 0 Å². The van der Waals surface area contributed by atoms with Gasteiger partial charge in [0.2, 0.25) is 5.91 Å². The lowest BCUT2D eigenvalue weighted by molar-refractivity contribution is -0.143. The van der Waals surface area contributed by atoms with Gasteiger partial charge in [0.25, 0.3) is 0 Å². The maximum atomic E-state index is 12.5. The summed E-state index contributed by atoms with van der Waals surface area (Å²) in [6.45, 7) is 4.90. The minimum Gasteiger partial charge on any atom is -0.466 e. The van der Waals surface area contributed by atoms with Gasteiger partial charge in [-0.05, 0) is 64.2 Å². The van der Waals surface area contributed by atoms with Crippen LogP contribution in [0.4, 0.5) is 0 Å². The predicted molar refractivity (Wildman–Crippen MR) is 324 cm³/mol. The molecule has 0 fully saturated rings. The number of hydrogen-bond acceptors (Lipinski definition) is 5. The molecule has 0 heterocycles. The van der Waals surface area contributed by atoms with E-state index in [2.05, 4.69) is 43.5 Å². The molecule has 2 atom stereocenters. The van der Waals surface area contributed by atoms with Gasteiger partial charge >= 0.3 is 5.97 Å². The molecule has 1 amide bonds. The van der Waals surface area contributed by atoms with Crippen molar-refractivity contribution in [2.75, 3.05) is 13.2 Å². The molecule has 74 heavy (non-hydrogen) atoms. The standard InChI is InChI=1S/C68H129NO5/c1-3-5-7-9-11-13-15-17-19-29-34-38-42-46-50-54-58-62-68(73)74-63-59-55-51-47-43-39-35-31-28-26-24-22-20-21-23-25-27-30-33-37-41-45-49-53-57-61-67(72)69-65(64-70)66(71)60-56-52-48-44-40-36-32-18-16-14-12-10-8-6-4-2/h11,13,17,19,56,60,65-66,70-71H,3-10,12,14-16,18,20-55,57-59,61-64H2,1-2H3,(H,69,72)/b13-11-,19-17-,60-56+. The number of ether oxygens (including phenoxy) is 1. The van der Waals surface area contributed by atoms with Crippen molar-refractivity contribution in [1.82, 2.24) is 5.32 Å². The summed E-state index contributed by atoms with van der Waals surface area (Å²) in [5, 5.41) is 23.1. The lowest BCUT2D eigenvalue weighted by Gasteiger charge is -2.20. The second-order valence-corrected chi connectivity index (χ2v) is 22.8. The van der Waals surface area contributed by atoms with Crippen LogP contribution in [-0.2, 0) is 14.3 Å². The minimum absolute atomic E-state index is 0.00841. The van der Waals surface area contributed by atoms with Crippen molar-refractivity contribution in [3.63, 3.8) is 0 Å². The molecular formula is C68H129NO5. The average molecular weight is 1040 g/mol. The van der Waals surface area contributed by atoms with E-state index < -0.39 is 12.1 Å². The highest BCUT2D eigenvalue weighted by molar-refractivity contribution is 5.76. The lowest BCUT2D eigenvalue weighted by atomic mass is 10.0. The normalized spacial score (nSPS) is 12.8. The van der Waals surface area contributed by atoms with Gasteiger partial charge in [-0.3, -0.25) is 9.59 Å². The molecule has 0 aliphatic heterocycles. The van der Waals surface area contributed by atoms with E-state index >= 15 is 0 Å². The summed E-state index contributed by atoms with van der Waals surface area (Å²) >= 11 is 0. The number of aliphatic hydroxyl groups is 2. The van der Waals surface area contributed by atoms with Crippen molar-refractivity contribution in [3.05, 3.63) is 36.5 Å². The van der Waals surface area contributed by atoms with E-state index in [1.54, 1.807) is 6.08 Å². The topological polar surface area (TPSA) is 95.9 Å². The molecule has 3 N–H and O–H groups in total. The van der Waals surface area contributed by atoms with E-state index in [4.69, 9.17) is 4.74 Å². The van der Waals surface area contributed by atoms with E-state index in [0.29, 0.717) is 19.4 Å². The maximum absolute atomic E-state index is 12.5. The Balaban J connectivity index is 3.37. The molecular weight excluding hydrogens is 911 g/mol. The van der Waals surface area contributed by atoms with Crippen molar-refractivity contribution in [2.24, 2.45) is 0 Å². The summed E-state index contributed by atoms with van der Waals surface area (Å²) in [6, 6.07) is -0.626. The molecule has 0 aromatic heterocycles. The van der Waals surface area contributed by atoms with Gasteiger partial charge in [-0.15, -0.1) is 0 Å². The van der Waals surface area contributed by atoms with Crippen LogP contribution in [0.3, 0.4) is 0 Å². The number of hydrogen-bond donors (Lipinski definition) is 3. The molecule has 2 unspecified atom stereocenters. The van der Waals surface area contributed by atoms with Crippen LogP contribution in [0, 0.1) is 0 Å². The fourth-order valence-electron chi connectivity index (χ4n) is 10.3. The monoisotopic (exact) mass is 1040 g/mol. The zero-order valence-electron chi connectivity index (χ0n) is 49.8. The van der Waals surface area contributed by atoms with E-state index in [1.165, 1.54) is 283 Å². The second kappa shape index (κ2) is 63.6. The number of allylic oxidation sites excluding steroid dienone is 5. The number of aliphatic hydroxyl groups excluding tert-OH is 2. The fraction of sp³-hybridized carbons (Fsp3) is 0.882. The number of nitrogens with one attached hydrogen (secondary N) is 1. The van der Waals surface area contributed by atoms with Crippen LogP contribution in [0.1, 0.15) is 361 Å². The van der Waals surface area contributed by atoms with Crippen LogP contribution in [0.2, 0.25) is 0 Å². The van der Waals surface area contributed by atoms with Gasteiger partial charge in [0.15, 0.2) is 0 Å². The zero-order valence-corrected chi connectivity index (χ0v) is 49.8. The quantitative estimate of drug-likeness (QED) is 0.0320. The van der Waals surface area contributed by atoms with Crippen molar-refractivity contribution < 1.29 is 24.5 Å². The molecule has 0 aromatic rings. The first-order valence-electron chi connectivity index (χ1n) is 33.3. The Morgan fingerprint density at radius 1 is 0.378 bits per heavy atom. The minimum atomic E-state index is -0.843. The van der Waals surface area contributed by atoms with Crippen LogP contribution < -0.4 is 5.32 Å². The predicted octanol–water partition coefficient (Wildman–Crippen LogP) is 21.1. The third-order valence-electron chi connectivity index (χ3n) is 15.4.